The Morgan fingerprint density at radius 3 is 2.79 bits per heavy atom. The average molecular weight is 395 g/mol. The Hall–Kier alpha value is -2.84. The highest BCUT2D eigenvalue weighted by atomic mass is 32.1. The van der Waals surface area contributed by atoms with Gasteiger partial charge in [0.15, 0.2) is 5.82 Å². The summed E-state index contributed by atoms with van der Waals surface area (Å²) in [6.45, 7) is 5.81. The third-order valence-electron chi connectivity index (χ3n) is 4.50. The van der Waals surface area contributed by atoms with E-state index in [0.29, 0.717) is 37.6 Å². The second-order valence-corrected chi connectivity index (χ2v) is 7.42. The summed E-state index contributed by atoms with van der Waals surface area (Å²) in [6.07, 6.45) is 1.75. The zero-order valence-electron chi connectivity index (χ0n) is 15.8. The molecule has 0 unspecified atom stereocenters. The number of benzene rings is 1. The molecule has 0 N–H and O–H groups in total. The van der Waals surface area contributed by atoms with Crippen molar-refractivity contribution in [3.8, 4) is 10.6 Å². The second kappa shape index (κ2) is 8.04. The maximum Gasteiger partial charge on any atom is 0.254 e. The first-order valence-electron chi connectivity index (χ1n) is 9.13. The highest BCUT2D eigenvalue weighted by Gasteiger charge is 2.24. The number of amides is 1. The zero-order valence-corrected chi connectivity index (χ0v) is 16.6. The minimum absolute atomic E-state index is 0.00806. The van der Waals surface area contributed by atoms with Gasteiger partial charge in [0.05, 0.1) is 13.2 Å². The molecule has 0 aliphatic carbocycles. The number of aromatic nitrogens is 3. The molecule has 4 rings (SSSR count). The van der Waals surface area contributed by atoms with Crippen LogP contribution in [0.5, 0.6) is 0 Å². The number of hydroxylamine groups is 1. The molecule has 1 saturated heterocycles. The Kier molecular flexibility index (Phi) is 5.31. The molecule has 0 atom stereocenters. The summed E-state index contributed by atoms with van der Waals surface area (Å²) in [5, 5.41) is 4.52. The van der Waals surface area contributed by atoms with Crippen molar-refractivity contribution in [1.29, 1.82) is 0 Å². The largest absolute Gasteiger partial charge is 0.334 e. The number of aryl methyl sites for hydroxylation is 2. The third kappa shape index (κ3) is 3.88. The Bertz CT molecular complexity index is 956. The van der Waals surface area contributed by atoms with E-state index in [9.17, 15) is 4.79 Å². The zero-order chi connectivity index (χ0) is 19.5. The number of rotatable bonds is 3. The van der Waals surface area contributed by atoms with Gasteiger partial charge in [-0.2, -0.15) is 0 Å². The molecule has 1 amide bonds. The first-order valence-corrected chi connectivity index (χ1v) is 10.0. The first kappa shape index (κ1) is 18.5. The number of hydrogen-bond donors (Lipinski definition) is 0. The molecular weight excluding hydrogens is 374 g/mol. The van der Waals surface area contributed by atoms with Gasteiger partial charge in [0.1, 0.15) is 10.8 Å². The Balaban J connectivity index is 1.53. The number of nitrogens with zero attached hydrogens (tertiary/aromatic N) is 5. The topological polar surface area (TPSA) is 71.5 Å². The van der Waals surface area contributed by atoms with Gasteiger partial charge < -0.3 is 4.90 Å². The molecule has 1 fully saturated rings. The van der Waals surface area contributed by atoms with E-state index in [4.69, 9.17) is 4.84 Å². The van der Waals surface area contributed by atoms with Crippen LogP contribution in [0.1, 0.15) is 21.9 Å². The van der Waals surface area contributed by atoms with Gasteiger partial charge in [-0.3, -0.25) is 9.63 Å². The van der Waals surface area contributed by atoms with Gasteiger partial charge >= 0.3 is 0 Å². The highest BCUT2D eigenvalue weighted by Crippen LogP contribution is 2.27. The lowest BCUT2D eigenvalue weighted by molar-refractivity contribution is 0.0731. The van der Waals surface area contributed by atoms with Crippen molar-refractivity contribution in [3.63, 3.8) is 0 Å². The van der Waals surface area contributed by atoms with Crippen LogP contribution < -0.4 is 5.06 Å². The Morgan fingerprint density at radius 1 is 1.14 bits per heavy atom. The van der Waals surface area contributed by atoms with Crippen molar-refractivity contribution in [2.24, 2.45) is 0 Å². The molecule has 0 radical (unpaired) electrons. The normalized spacial score (nSPS) is 14.8. The molecular formula is C20H21N5O2S. The van der Waals surface area contributed by atoms with Crippen molar-refractivity contribution in [1.82, 2.24) is 19.9 Å². The maximum atomic E-state index is 13.2. The lowest BCUT2D eigenvalue weighted by Gasteiger charge is -2.22. The molecule has 1 aliphatic heterocycles. The fourth-order valence-electron chi connectivity index (χ4n) is 3.24. The van der Waals surface area contributed by atoms with Gasteiger partial charge in [-0.25, -0.2) is 20.0 Å². The number of thiazole rings is 1. The first-order chi connectivity index (χ1) is 13.6. The Morgan fingerprint density at radius 2 is 2.00 bits per heavy atom. The molecule has 7 nitrogen and oxygen atoms in total. The molecule has 28 heavy (non-hydrogen) atoms. The van der Waals surface area contributed by atoms with E-state index in [1.807, 2.05) is 54.5 Å². The molecule has 144 valence electrons. The van der Waals surface area contributed by atoms with Crippen molar-refractivity contribution >= 4 is 23.1 Å². The molecule has 0 spiro atoms. The monoisotopic (exact) mass is 395 g/mol. The summed E-state index contributed by atoms with van der Waals surface area (Å²) in [5.41, 5.74) is 2.42. The molecule has 0 bridgehead atoms. The van der Waals surface area contributed by atoms with Crippen molar-refractivity contribution in [2.45, 2.75) is 13.8 Å². The fourth-order valence-corrected chi connectivity index (χ4v) is 3.92. The van der Waals surface area contributed by atoms with Crippen LogP contribution in [0, 0.1) is 13.8 Å². The lowest BCUT2D eigenvalue weighted by Crippen LogP contribution is -2.35. The number of anilines is 1. The number of carbonyl (C=O) groups is 1. The summed E-state index contributed by atoms with van der Waals surface area (Å²) in [5.74, 6) is 1.42. The average Bonchev–Trinajstić information content (AvgIpc) is 3.11. The summed E-state index contributed by atoms with van der Waals surface area (Å²) in [4.78, 5) is 34.0. The molecule has 3 aromatic rings. The molecule has 3 heterocycles. The van der Waals surface area contributed by atoms with E-state index in [1.54, 1.807) is 11.3 Å². The summed E-state index contributed by atoms with van der Waals surface area (Å²) in [6, 6.07) is 9.51. The van der Waals surface area contributed by atoms with Crippen LogP contribution in [0.3, 0.4) is 0 Å². The van der Waals surface area contributed by atoms with E-state index < -0.39 is 0 Å². The molecule has 1 aromatic carbocycles. The quantitative estimate of drug-likeness (QED) is 0.679. The van der Waals surface area contributed by atoms with E-state index in [-0.39, 0.29) is 5.91 Å². The second-order valence-electron chi connectivity index (χ2n) is 6.53. The lowest BCUT2D eigenvalue weighted by atomic mass is 10.1. The molecule has 1 aliphatic rings. The predicted molar refractivity (Wildman–Crippen MR) is 108 cm³/mol. The van der Waals surface area contributed by atoms with Crippen LogP contribution in [0.25, 0.3) is 10.6 Å². The van der Waals surface area contributed by atoms with Crippen LogP contribution in [-0.4, -0.2) is 52.0 Å². The van der Waals surface area contributed by atoms with Crippen molar-refractivity contribution < 1.29 is 9.63 Å². The minimum Gasteiger partial charge on any atom is -0.334 e. The summed E-state index contributed by atoms with van der Waals surface area (Å²) in [7, 11) is 0. The third-order valence-corrected chi connectivity index (χ3v) is 5.30. The van der Waals surface area contributed by atoms with Crippen LogP contribution >= 0.6 is 11.3 Å². The van der Waals surface area contributed by atoms with Crippen molar-refractivity contribution in [3.05, 3.63) is 59.0 Å². The van der Waals surface area contributed by atoms with E-state index in [2.05, 4.69) is 15.0 Å². The van der Waals surface area contributed by atoms with Crippen LogP contribution in [0.4, 0.5) is 5.82 Å². The van der Waals surface area contributed by atoms with Gasteiger partial charge in [-0.1, -0.05) is 18.2 Å². The van der Waals surface area contributed by atoms with E-state index >= 15 is 0 Å². The van der Waals surface area contributed by atoms with Crippen LogP contribution in [0.15, 0.2) is 41.9 Å². The van der Waals surface area contributed by atoms with Gasteiger partial charge in [0.2, 0.25) is 0 Å². The number of hydrogen-bond acceptors (Lipinski definition) is 7. The predicted octanol–water partition coefficient (Wildman–Crippen LogP) is 3.11. The molecule has 2 aromatic heterocycles. The summed E-state index contributed by atoms with van der Waals surface area (Å²) < 4.78 is 0. The maximum absolute atomic E-state index is 13.2. The van der Waals surface area contributed by atoms with Crippen molar-refractivity contribution in [2.75, 3.05) is 31.3 Å². The van der Waals surface area contributed by atoms with E-state index in [1.165, 1.54) is 11.3 Å². The molecule has 0 saturated carbocycles. The number of carbonyl (C=O) groups excluding carboxylic acids is 1. The van der Waals surface area contributed by atoms with Crippen LogP contribution in [0.2, 0.25) is 0 Å². The minimum atomic E-state index is -0.00806. The standard InChI is InChI=1S/C20H21N5O2S/c1-14-13-18(23-15(2)22-14)25-9-8-24(10-11-27-25)20(26)17-6-4-3-5-16(17)19-21-7-12-28-19/h3-7,12-13H,8-11H2,1-2H3. The van der Waals surface area contributed by atoms with Gasteiger partial charge in [0, 0.05) is 47.6 Å². The fraction of sp³-hybridized carbons (Fsp3) is 0.300. The van der Waals surface area contributed by atoms with E-state index in [0.717, 1.165) is 22.1 Å². The SMILES string of the molecule is Cc1cc(N2CCN(C(=O)c3ccccc3-c3nccs3)CCO2)nc(C)n1. The Labute approximate surface area is 167 Å². The van der Waals surface area contributed by atoms with Gasteiger partial charge in [-0.15, -0.1) is 11.3 Å². The summed E-state index contributed by atoms with van der Waals surface area (Å²) >= 11 is 1.53. The van der Waals surface area contributed by atoms with Gasteiger partial charge in [-0.05, 0) is 19.9 Å². The van der Waals surface area contributed by atoms with Crippen LogP contribution in [-0.2, 0) is 4.84 Å². The molecule has 8 heteroatoms. The highest BCUT2D eigenvalue weighted by molar-refractivity contribution is 7.13. The van der Waals surface area contributed by atoms with Gasteiger partial charge in [0.25, 0.3) is 5.91 Å². The smallest absolute Gasteiger partial charge is 0.254 e.